The van der Waals surface area contributed by atoms with Gasteiger partial charge in [-0.25, -0.2) is 13.8 Å². The quantitative estimate of drug-likeness (QED) is 0.807. The number of aryl methyl sites for hydroxylation is 1. The summed E-state index contributed by atoms with van der Waals surface area (Å²) in [5.41, 5.74) is 6.36. The summed E-state index contributed by atoms with van der Waals surface area (Å²) in [4.78, 5) is 5.58. The lowest BCUT2D eigenvalue weighted by Gasteiger charge is -2.22. The first-order chi connectivity index (χ1) is 7.13. The lowest BCUT2D eigenvalue weighted by Crippen LogP contribution is -2.34. The van der Waals surface area contributed by atoms with Crippen molar-refractivity contribution in [1.29, 1.82) is 0 Å². The standard InChI is InChI=1S/C10H15F2N3/c1-8-2-3-10(14-6-8)15(5-4-13)7-9(11)12/h2-3,6,9H,4-5,7,13H2,1H3. The van der Waals surface area contributed by atoms with Crippen LogP contribution in [0.5, 0.6) is 0 Å². The Kier molecular flexibility index (Phi) is 4.42. The monoisotopic (exact) mass is 215 g/mol. The molecule has 0 saturated heterocycles. The Morgan fingerprint density at radius 1 is 1.47 bits per heavy atom. The molecule has 0 saturated carbocycles. The predicted octanol–water partition coefficient (Wildman–Crippen LogP) is 1.42. The lowest BCUT2D eigenvalue weighted by atomic mass is 10.3. The molecule has 0 bridgehead atoms. The molecule has 0 amide bonds. The van der Waals surface area contributed by atoms with Crippen LogP contribution in [0.2, 0.25) is 0 Å². The number of nitrogens with zero attached hydrogens (tertiary/aromatic N) is 2. The summed E-state index contributed by atoms with van der Waals surface area (Å²) < 4.78 is 24.5. The molecular formula is C10H15F2N3. The highest BCUT2D eigenvalue weighted by atomic mass is 19.3. The molecule has 5 heteroatoms. The van der Waals surface area contributed by atoms with Crippen molar-refractivity contribution in [3.63, 3.8) is 0 Å². The highest BCUT2D eigenvalue weighted by molar-refractivity contribution is 5.39. The van der Waals surface area contributed by atoms with Crippen LogP contribution in [0, 0.1) is 6.92 Å². The smallest absolute Gasteiger partial charge is 0.255 e. The zero-order valence-corrected chi connectivity index (χ0v) is 8.66. The number of halogens is 2. The first-order valence-electron chi connectivity index (χ1n) is 4.79. The highest BCUT2D eigenvalue weighted by Gasteiger charge is 2.12. The van der Waals surface area contributed by atoms with Crippen LogP contribution in [0.1, 0.15) is 5.56 Å². The second kappa shape index (κ2) is 5.60. The van der Waals surface area contributed by atoms with Crippen LogP contribution in [0.15, 0.2) is 18.3 Å². The van der Waals surface area contributed by atoms with E-state index in [1.807, 2.05) is 13.0 Å². The Hall–Kier alpha value is -1.23. The molecule has 0 aliphatic heterocycles. The Balaban J connectivity index is 2.74. The minimum Gasteiger partial charge on any atom is -0.350 e. The van der Waals surface area contributed by atoms with Crippen LogP contribution < -0.4 is 10.6 Å². The topological polar surface area (TPSA) is 42.1 Å². The van der Waals surface area contributed by atoms with E-state index in [4.69, 9.17) is 5.73 Å². The van der Waals surface area contributed by atoms with E-state index in [0.717, 1.165) is 5.56 Å². The average Bonchev–Trinajstić information content (AvgIpc) is 2.17. The fraction of sp³-hybridized carbons (Fsp3) is 0.500. The van der Waals surface area contributed by atoms with Crippen LogP contribution in [0.3, 0.4) is 0 Å². The number of aromatic nitrogens is 1. The molecule has 1 aromatic rings. The van der Waals surface area contributed by atoms with E-state index >= 15 is 0 Å². The fourth-order valence-corrected chi connectivity index (χ4v) is 1.27. The number of anilines is 1. The first-order valence-corrected chi connectivity index (χ1v) is 4.79. The first kappa shape index (κ1) is 11.8. The lowest BCUT2D eigenvalue weighted by molar-refractivity contribution is 0.155. The van der Waals surface area contributed by atoms with E-state index in [1.165, 1.54) is 4.90 Å². The number of nitrogens with two attached hydrogens (primary N) is 1. The number of hydrogen-bond donors (Lipinski definition) is 1. The molecule has 84 valence electrons. The maximum Gasteiger partial charge on any atom is 0.255 e. The molecule has 0 aliphatic carbocycles. The van der Waals surface area contributed by atoms with Crippen LogP contribution in [0.25, 0.3) is 0 Å². The van der Waals surface area contributed by atoms with Gasteiger partial charge in [-0.05, 0) is 18.6 Å². The van der Waals surface area contributed by atoms with Gasteiger partial charge in [-0.1, -0.05) is 6.07 Å². The van der Waals surface area contributed by atoms with Crippen molar-refractivity contribution in [2.75, 3.05) is 24.5 Å². The largest absolute Gasteiger partial charge is 0.350 e. The zero-order chi connectivity index (χ0) is 11.3. The summed E-state index contributed by atoms with van der Waals surface area (Å²) in [7, 11) is 0. The van der Waals surface area contributed by atoms with Gasteiger partial charge in [0.15, 0.2) is 0 Å². The Bertz CT molecular complexity index is 287. The third-order valence-electron chi connectivity index (χ3n) is 1.98. The highest BCUT2D eigenvalue weighted by Crippen LogP contribution is 2.12. The summed E-state index contributed by atoms with van der Waals surface area (Å²) in [6, 6.07) is 3.57. The molecule has 0 aliphatic rings. The molecule has 3 nitrogen and oxygen atoms in total. The normalized spacial score (nSPS) is 10.7. The van der Waals surface area contributed by atoms with Crippen molar-refractivity contribution in [1.82, 2.24) is 4.98 Å². The molecule has 0 aromatic carbocycles. The van der Waals surface area contributed by atoms with E-state index in [2.05, 4.69) is 4.98 Å². The van der Waals surface area contributed by atoms with Gasteiger partial charge in [0.05, 0.1) is 6.54 Å². The molecule has 1 rings (SSSR count). The molecule has 0 radical (unpaired) electrons. The van der Waals surface area contributed by atoms with Gasteiger partial charge in [-0.2, -0.15) is 0 Å². The Morgan fingerprint density at radius 2 is 2.20 bits per heavy atom. The Morgan fingerprint density at radius 3 is 2.67 bits per heavy atom. The molecule has 1 aromatic heterocycles. The molecule has 0 fully saturated rings. The van der Waals surface area contributed by atoms with Gasteiger partial charge >= 0.3 is 0 Å². The van der Waals surface area contributed by atoms with Gasteiger partial charge in [-0.15, -0.1) is 0 Å². The van der Waals surface area contributed by atoms with Crippen molar-refractivity contribution in [2.45, 2.75) is 13.3 Å². The van der Waals surface area contributed by atoms with Crippen molar-refractivity contribution < 1.29 is 8.78 Å². The zero-order valence-electron chi connectivity index (χ0n) is 8.66. The molecule has 0 unspecified atom stereocenters. The van der Waals surface area contributed by atoms with Gasteiger partial charge in [0.2, 0.25) is 0 Å². The summed E-state index contributed by atoms with van der Waals surface area (Å²) in [5.74, 6) is 0.548. The summed E-state index contributed by atoms with van der Waals surface area (Å²) in [6.07, 6.45) is -0.718. The summed E-state index contributed by atoms with van der Waals surface area (Å²) in [6.45, 7) is 2.30. The minimum absolute atomic E-state index is 0.326. The van der Waals surface area contributed by atoms with E-state index in [9.17, 15) is 8.78 Å². The SMILES string of the molecule is Cc1ccc(N(CCN)CC(F)F)nc1. The average molecular weight is 215 g/mol. The maximum atomic E-state index is 12.3. The summed E-state index contributed by atoms with van der Waals surface area (Å²) >= 11 is 0. The van der Waals surface area contributed by atoms with Crippen LogP contribution >= 0.6 is 0 Å². The van der Waals surface area contributed by atoms with Crippen molar-refractivity contribution in [3.8, 4) is 0 Å². The third-order valence-corrected chi connectivity index (χ3v) is 1.98. The number of hydrogen-bond acceptors (Lipinski definition) is 3. The van der Waals surface area contributed by atoms with E-state index < -0.39 is 6.43 Å². The van der Waals surface area contributed by atoms with Crippen molar-refractivity contribution in [2.24, 2.45) is 5.73 Å². The molecule has 0 spiro atoms. The maximum absolute atomic E-state index is 12.3. The molecule has 2 N–H and O–H groups in total. The fourth-order valence-electron chi connectivity index (χ4n) is 1.27. The van der Waals surface area contributed by atoms with E-state index in [-0.39, 0.29) is 6.54 Å². The Labute approximate surface area is 87.9 Å². The van der Waals surface area contributed by atoms with Crippen LogP contribution in [0.4, 0.5) is 14.6 Å². The minimum atomic E-state index is -2.38. The third kappa shape index (κ3) is 3.79. The van der Waals surface area contributed by atoms with Crippen LogP contribution in [-0.2, 0) is 0 Å². The van der Waals surface area contributed by atoms with Gasteiger partial charge in [0, 0.05) is 19.3 Å². The van der Waals surface area contributed by atoms with Gasteiger partial charge in [0.25, 0.3) is 6.43 Å². The predicted molar refractivity (Wildman–Crippen MR) is 56.2 cm³/mol. The number of rotatable bonds is 5. The van der Waals surface area contributed by atoms with Crippen molar-refractivity contribution >= 4 is 5.82 Å². The molecular weight excluding hydrogens is 200 g/mol. The number of pyridine rings is 1. The summed E-state index contributed by atoms with van der Waals surface area (Å²) in [5, 5.41) is 0. The number of alkyl halides is 2. The van der Waals surface area contributed by atoms with Gasteiger partial charge < -0.3 is 10.6 Å². The molecule has 1 heterocycles. The van der Waals surface area contributed by atoms with E-state index in [0.29, 0.717) is 18.9 Å². The molecule has 0 atom stereocenters. The van der Waals surface area contributed by atoms with Crippen LogP contribution in [-0.4, -0.2) is 31.0 Å². The van der Waals surface area contributed by atoms with Gasteiger partial charge in [-0.3, -0.25) is 0 Å². The second-order valence-corrected chi connectivity index (χ2v) is 3.32. The molecule has 15 heavy (non-hydrogen) atoms. The van der Waals surface area contributed by atoms with E-state index in [1.54, 1.807) is 12.3 Å². The second-order valence-electron chi connectivity index (χ2n) is 3.32. The van der Waals surface area contributed by atoms with Gasteiger partial charge in [0.1, 0.15) is 5.82 Å². The van der Waals surface area contributed by atoms with Crippen molar-refractivity contribution in [3.05, 3.63) is 23.9 Å².